The molecule has 5 atom stereocenters. The van der Waals surface area contributed by atoms with Crippen LogP contribution < -0.4 is 0 Å². The van der Waals surface area contributed by atoms with Gasteiger partial charge in [-0.1, -0.05) is 48.5 Å². The molecule has 6 rings (SSSR count). The van der Waals surface area contributed by atoms with Crippen molar-refractivity contribution in [2.45, 2.75) is 30.6 Å². The second-order valence-corrected chi connectivity index (χ2v) is 6.21. The van der Waals surface area contributed by atoms with Crippen LogP contribution >= 0.6 is 0 Å². The second kappa shape index (κ2) is 5.64. The van der Waals surface area contributed by atoms with E-state index in [0.29, 0.717) is 5.56 Å². The summed E-state index contributed by atoms with van der Waals surface area (Å²) in [6, 6.07) is 18.3. The van der Waals surface area contributed by atoms with E-state index in [1.165, 1.54) is 0 Å². The summed E-state index contributed by atoms with van der Waals surface area (Å²) in [6.07, 6.45) is -2.15. The predicted molar refractivity (Wildman–Crippen MR) is 84.3 cm³/mol. The Bertz CT molecular complexity index is 779. The molecule has 6 nitrogen and oxygen atoms in total. The highest BCUT2D eigenvalue weighted by molar-refractivity contribution is 5.89. The van der Waals surface area contributed by atoms with Crippen molar-refractivity contribution in [3.8, 4) is 0 Å². The molecule has 0 aromatic heterocycles. The lowest BCUT2D eigenvalue weighted by atomic mass is 10.1. The zero-order valence-corrected chi connectivity index (χ0v) is 13.2. The third kappa shape index (κ3) is 2.38. The highest BCUT2D eigenvalue weighted by Crippen LogP contribution is 2.48. The van der Waals surface area contributed by atoms with Gasteiger partial charge in [-0.15, -0.1) is 0 Å². The molecule has 4 aliphatic heterocycles. The van der Waals surface area contributed by atoms with Gasteiger partial charge in [-0.25, -0.2) is 4.79 Å². The average Bonchev–Trinajstić information content (AvgIpc) is 3.02. The molecule has 25 heavy (non-hydrogen) atoms. The van der Waals surface area contributed by atoms with E-state index >= 15 is 0 Å². The molecule has 6 heteroatoms. The van der Waals surface area contributed by atoms with Crippen LogP contribution in [0.5, 0.6) is 0 Å². The van der Waals surface area contributed by atoms with Gasteiger partial charge in [-0.3, -0.25) is 4.74 Å². The number of fused-ring (bicyclic) bond motifs is 1. The lowest BCUT2D eigenvalue weighted by Crippen LogP contribution is -2.37. The summed E-state index contributed by atoms with van der Waals surface area (Å²) in [7, 11) is 0. The van der Waals surface area contributed by atoms with Crippen molar-refractivity contribution < 1.29 is 28.5 Å². The second-order valence-electron chi connectivity index (χ2n) is 6.21. The van der Waals surface area contributed by atoms with Crippen molar-refractivity contribution in [2.75, 3.05) is 6.61 Å². The molecule has 4 saturated heterocycles. The fourth-order valence-electron chi connectivity index (χ4n) is 3.44. The first-order chi connectivity index (χ1) is 12.3. The zero-order chi connectivity index (χ0) is 16.9. The quantitative estimate of drug-likeness (QED) is 0.798. The topological polar surface area (TPSA) is 63.2 Å². The first-order valence-electron chi connectivity index (χ1n) is 8.22. The molecular weight excluding hydrogens is 324 g/mol. The van der Waals surface area contributed by atoms with Gasteiger partial charge in [0.15, 0.2) is 18.5 Å². The molecule has 1 unspecified atom stereocenters. The maximum absolute atomic E-state index is 12.4. The summed E-state index contributed by atoms with van der Waals surface area (Å²) in [4.78, 5) is 12.4. The number of hydrogen-bond acceptors (Lipinski definition) is 6. The van der Waals surface area contributed by atoms with Crippen LogP contribution in [-0.2, 0) is 29.7 Å². The van der Waals surface area contributed by atoms with E-state index in [1.807, 2.05) is 36.4 Å². The van der Waals surface area contributed by atoms with Gasteiger partial charge in [0, 0.05) is 5.56 Å². The van der Waals surface area contributed by atoms with Crippen molar-refractivity contribution in [1.82, 2.24) is 0 Å². The minimum absolute atomic E-state index is 0.217. The molecule has 4 fully saturated rings. The normalized spacial score (nSPS) is 35.5. The molecule has 128 valence electrons. The van der Waals surface area contributed by atoms with Crippen LogP contribution in [0.25, 0.3) is 0 Å². The van der Waals surface area contributed by atoms with Crippen LogP contribution in [0.3, 0.4) is 0 Å². The van der Waals surface area contributed by atoms with Gasteiger partial charge in [0.1, 0.15) is 6.10 Å². The van der Waals surface area contributed by atoms with Gasteiger partial charge in [0.25, 0.3) is 0 Å². The molecule has 0 saturated carbocycles. The maximum Gasteiger partial charge on any atom is 0.338 e. The van der Waals surface area contributed by atoms with E-state index in [9.17, 15) is 4.79 Å². The Kier molecular flexibility index (Phi) is 3.39. The number of carbonyl (C=O) groups excluding carboxylic acids is 1. The summed E-state index contributed by atoms with van der Waals surface area (Å²) >= 11 is 0. The number of carbonyl (C=O) groups is 1. The molecule has 4 aliphatic rings. The van der Waals surface area contributed by atoms with Crippen molar-refractivity contribution >= 4 is 5.97 Å². The van der Waals surface area contributed by atoms with E-state index < -0.39 is 36.5 Å². The highest BCUT2D eigenvalue weighted by atomic mass is 17.0. The fraction of sp³-hybridized carbons (Fsp3) is 0.316. The van der Waals surface area contributed by atoms with Crippen LogP contribution in [0.1, 0.15) is 15.9 Å². The van der Waals surface area contributed by atoms with Gasteiger partial charge >= 0.3 is 11.9 Å². The monoisotopic (exact) mass is 340 g/mol. The molecular formula is C19H16O6. The van der Waals surface area contributed by atoms with Gasteiger partial charge in [0.2, 0.25) is 0 Å². The predicted octanol–water partition coefficient (Wildman–Crippen LogP) is 2.19. The number of esters is 1. The van der Waals surface area contributed by atoms with Gasteiger partial charge in [-0.05, 0) is 12.1 Å². The van der Waals surface area contributed by atoms with Crippen molar-refractivity contribution in [3.63, 3.8) is 0 Å². The minimum atomic E-state index is -1.31. The summed E-state index contributed by atoms with van der Waals surface area (Å²) in [6.45, 7) is 0.217. The summed E-state index contributed by atoms with van der Waals surface area (Å²) in [5, 5.41) is 0. The maximum atomic E-state index is 12.4. The third-order valence-corrected chi connectivity index (χ3v) is 4.65. The Labute approximate surface area is 144 Å². The lowest BCUT2D eigenvalue weighted by molar-refractivity contribution is -0.349. The smallest absolute Gasteiger partial charge is 0.338 e. The first kappa shape index (κ1) is 15.0. The molecule has 2 aromatic carbocycles. The standard InChI is InChI=1S/C19H16O6/c20-17(12-7-3-1-4-8-12)23-15-14-11-21-19(13-9-5-2-6-10-13)24-16(15)18(22-14)25-19/h1-10,14-16,18H,11H2/t14-,15-,16+,18+,19?/m1/s1. The summed E-state index contributed by atoms with van der Waals surface area (Å²) in [5.74, 6) is -1.72. The number of ether oxygens (including phenoxy) is 5. The summed E-state index contributed by atoms with van der Waals surface area (Å²) in [5.41, 5.74) is 1.24. The van der Waals surface area contributed by atoms with Crippen LogP contribution in [0, 0.1) is 0 Å². The van der Waals surface area contributed by atoms with Gasteiger partial charge < -0.3 is 18.9 Å². The number of rotatable bonds is 3. The summed E-state index contributed by atoms with van der Waals surface area (Å²) < 4.78 is 29.3. The lowest BCUT2D eigenvalue weighted by Gasteiger charge is -2.25. The van der Waals surface area contributed by atoms with E-state index in [2.05, 4.69) is 0 Å². The Balaban J connectivity index is 1.40. The van der Waals surface area contributed by atoms with E-state index in [-0.39, 0.29) is 6.61 Å². The number of hydrogen-bond donors (Lipinski definition) is 0. The van der Waals surface area contributed by atoms with Crippen molar-refractivity contribution in [1.29, 1.82) is 0 Å². The molecule has 2 aromatic rings. The molecule has 0 aliphatic carbocycles. The van der Waals surface area contributed by atoms with Crippen LogP contribution in [0.4, 0.5) is 0 Å². The largest absolute Gasteiger partial charge is 0.453 e. The third-order valence-electron chi connectivity index (χ3n) is 4.65. The fourth-order valence-corrected chi connectivity index (χ4v) is 3.44. The zero-order valence-electron chi connectivity index (χ0n) is 13.2. The Morgan fingerprint density at radius 3 is 2.48 bits per heavy atom. The van der Waals surface area contributed by atoms with Gasteiger partial charge in [-0.2, -0.15) is 0 Å². The molecule has 0 radical (unpaired) electrons. The highest BCUT2D eigenvalue weighted by Gasteiger charge is 2.64. The SMILES string of the molecule is O=C(O[C@H]1[C@@H]2OC3(c4ccccc4)OC[C@H]1O[C@H]2O3)c1ccccc1. The van der Waals surface area contributed by atoms with E-state index in [4.69, 9.17) is 23.7 Å². The first-order valence-corrected chi connectivity index (χ1v) is 8.22. The van der Waals surface area contributed by atoms with Crippen LogP contribution in [0.2, 0.25) is 0 Å². The Morgan fingerprint density at radius 2 is 1.72 bits per heavy atom. The van der Waals surface area contributed by atoms with E-state index in [0.717, 1.165) is 5.56 Å². The molecule has 0 spiro atoms. The average molecular weight is 340 g/mol. The molecule has 0 N–H and O–H groups in total. The Hall–Kier alpha value is -2.25. The Morgan fingerprint density at radius 1 is 1.00 bits per heavy atom. The molecule has 0 amide bonds. The molecule has 4 bridgehead atoms. The number of benzene rings is 2. The van der Waals surface area contributed by atoms with E-state index in [1.54, 1.807) is 24.3 Å². The minimum Gasteiger partial charge on any atom is -0.453 e. The van der Waals surface area contributed by atoms with Crippen LogP contribution in [0.15, 0.2) is 60.7 Å². The molecule has 4 heterocycles. The van der Waals surface area contributed by atoms with Crippen molar-refractivity contribution in [3.05, 3.63) is 71.8 Å². The van der Waals surface area contributed by atoms with Gasteiger partial charge in [0.05, 0.1) is 12.2 Å². The van der Waals surface area contributed by atoms with Crippen molar-refractivity contribution in [2.24, 2.45) is 0 Å². The van der Waals surface area contributed by atoms with Crippen LogP contribution in [-0.4, -0.2) is 37.2 Å².